The highest BCUT2D eigenvalue weighted by atomic mass is 16.1. The summed E-state index contributed by atoms with van der Waals surface area (Å²) in [6, 6.07) is 3.70. The number of rotatable bonds is 7. The van der Waals surface area contributed by atoms with Gasteiger partial charge in [0, 0.05) is 60.8 Å². The summed E-state index contributed by atoms with van der Waals surface area (Å²) in [4.78, 5) is 25.0. The lowest BCUT2D eigenvalue weighted by atomic mass is 10.1. The Kier molecular flexibility index (Phi) is 6.35. The minimum atomic E-state index is -0.0239. The van der Waals surface area contributed by atoms with Crippen molar-refractivity contribution in [1.82, 2.24) is 14.5 Å². The minimum absolute atomic E-state index is 0.0239. The summed E-state index contributed by atoms with van der Waals surface area (Å²) in [5.74, 6) is 0.644. The van der Waals surface area contributed by atoms with Crippen LogP contribution in [0, 0.1) is 0 Å². The highest BCUT2D eigenvalue weighted by molar-refractivity contribution is 6.10. The third-order valence-electron chi connectivity index (χ3n) is 4.64. The number of hydrogen-bond acceptors (Lipinski definition) is 6. The summed E-state index contributed by atoms with van der Waals surface area (Å²) in [6.45, 7) is 2.70. The molecule has 0 amide bonds. The van der Waals surface area contributed by atoms with Crippen LogP contribution in [0.15, 0.2) is 46.7 Å². The monoisotopic (exact) mass is 366 g/mol. The van der Waals surface area contributed by atoms with Crippen LogP contribution in [-0.4, -0.2) is 26.8 Å². The van der Waals surface area contributed by atoms with E-state index in [1.807, 2.05) is 6.92 Å². The van der Waals surface area contributed by atoms with Crippen LogP contribution >= 0.6 is 0 Å². The van der Waals surface area contributed by atoms with Crippen molar-refractivity contribution in [1.29, 1.82) is 0 Å². The first-order valence-electron chi connectivity index (χ1n) is 9.45. The molecule has 2 aromatic heterocycles. The number of allylic oxidation sites excluding steroid dienone is 1. The highest BCUT2D eigenvalue weighted by Crippen LogP contribution is 2.21. The van der Waals surface area contributed by atoms with E-state index in [2.05, 4.69) is 20.3 Å². The molecule has 0 spiro atoms. The number of nitrogens with two attached hydrogens (primary N) is 1. The number of aromatic nitrogens is 3. The molecule has 7 heteroatoms. The Balaban J connectivity index is 1.70. The molecule has 0 unspecified atom stereocenters. The number of nitrogens with zero attached hydrogens (tertiary/aromatic N) is 4. The Hall–Kier alpha value is -2.96. The van der Waals surface area contributed by atoms with Gasteiger partial charge in [0.15, 0.2) is 0 Å². The summed E-state index contributed by atoms with van der Waals surface area (Å²) >= 11 is 0. The van der Waals surface area contributed by atoms with E-state index in [4.69, 9.17) is 5.73 Å². The van der Waals surface area contributed by atoms with E-state index in [1.54, 1.807) is 35.4 Å². The molecule has 0 saturated heterocycles. The molecule has 2 heterocycles. The van der Waals surface area contributed by atoms with Gasteiger partial charge in [-0.05, 0) is 25.3 Å². The zero-order valence-electron chi connectivity index (χ0n) is 15.6. The number of anilines is 1. The van der Waals surface area contributed by atoms with Gasteiger partial charge in [-0.2, -0.15) is 0 Å². The molecule has 0 radical (unpaired) electrons. The summed E-state index contributed by atoms with van der Waals surface area (Å²) in [7, 11) is 0. The Labute approximate surface area is 159 Å². The lowest BCUT2D eigenvalue weighted by molar-refractivity contribution is 0.655. The molecule has 7 nitrogen and oxygen atoms in total. The van der Waals surface area contributed by atoms with Crippen molar-refractivity contribution < 1.29 is 0 Å². The van der Waals surface area contributed by atoms with Crippen molar-refractivity contribution in [2.45, 2.75) is 51.6 Å². The first kappa shape index (κ1) is 18.8. The SMILES string of the molecule is CCCn1cc(N=CC(=CN)c2cnc(NC3CCCC3)nc2)ccc1=O. The Morgan fingerprint density at radius 2 is 2.07 bits per heavy atom. The lowest BCUT2D eigenvalue weighted by Crippen LogP contribution is -2.17. The molecule has 3 rings (SSSR count). The average Bonchev–Trinajstić information content (AvgIpc) is 3.19. The maximum absolute atomic E-state index is 11.8. The number of aryl methyl sites for hydroxylation is 1. The maximum atomic E-state index is 11.8. The summed E-state index contributed by atoms with van der Waals surface area (Å²) < 4.78 is 1.66. The third-order valence-corrected chi connectivity index (χ3v) is 4.64. The molecular weight excluding hydrogens is 340 g/mol. The fourth-order valence-electron chi connectivity index (χ4n) is 3.17. The van der Waals surface area contributed by atoms with E-state index in [0.717, 1.165) is 17.6 Å². The minimum Gasteiger partial charge on any atom is -0.404 e. The van der Waals surface area contributed by atoms with Crippen molar-refractivity contribution in [2.75, 3.05) is 5.32 Å². The standard InChI is InChI=1S/C20H26N6O/c1-2-9-26-14-18(7-8-19(26)27)22-11-15(10-21)16-12-23-20(24-13-16)25-17-5-3-4-6-17/h7-8,10-14,17H,2-6,9,21H2,1H3,(H,23,24,25). The van der Waals surface area contributed by atoms with E-state index in [1.165, 1.54) is 37.9 Å². The largest absolute Gasteiger partial charge is 0.404 e. The van der Waals surface area contributed by atoms with Crippen LogP contribution in [0.5, 0.6) is 0 Å². The van der Waals surface area contributed by atoms with Crippen LogP contribution in [0.1, 0.15) is 44.6 Å². The van der Waals surface area contributed by atoms with Gasteiger partial charge in [-0.1, -0.05) is 19.8 Å². The molecule has 27 heavy (non-hydrogen) atoms. The molecule has 1 aliphatic carbocycles. The van der Waals surface area contributed by atoms with Gasteiger partial charge >= 0.3 is 0 Å². The van der Waals surface area contributed by atoms with Crippen molar-refractivity contribution >= 4 is 23.4 Å². The number of pyridine rings is 1. The zero-order valence-corrected chi connectivity index (χ0v) is 15.6. The van der Waals surface area contributed by atoms with Gasteiger partial charge in [-0.25, -0.2) is 9.97 Å². The van der Waals surface area contributed by atoms with Gasteiger partial charge in [-0.3, -0.25) is 9.79 Å². The molecular formula is C20H26N6O. The van der Waals surface area contributed by atoms with Crippen LogP contribution in [-0.2, 0) is 6.54 Å². The van der Waals surface area contributed by atoms with Crippen LogP contribution in [0.3, 0.4) is 0 Å². The second kappa shape index (κ2) is 9.12. The zero-order chi connectivity index (χ0) is 19.1. The van der Waals surface area contributed by atoms with E-state index in [-0.39, 0.29) is 5.56 Å². The smallest absolute Gasteiger partial charge is 0.250 e. The Morgan fingerprint density at radius 1 is 1.33 bits per heavy atom. The predicted octanol–water partition coefficient (Wildman–Crippen LogP) is 3.10. The first-order valence-corrected chi connectivity index (χ1v) is 9.45. The van der Waals surface area contributed by atoms with E-state index in [0.29, 0.717) is 24.2 Å². The summed E-state index contributed by atoms with van der Waals surface area (Å²) in [6.07, 6.45) is 14.1. The number of nitrogens with one attached hydrogen (secondary N) is 1. The Morgan fingerprint density at radius 3 is 2.74 bits per heavy atom. The van der Waals surface area contributed by atoms with Crippen LogP contribution < -0.4 is 16.6 Å². The van der Waals surface area contributed by atoms with Crippen LogP contribution in [0.4, 0.5) is 11.6 Å². The fourth-order valence-corrected chi connectivity index (χ4v) is 3.17. The number of hydrogen-bond donors (Lipinski definition) is 2. The molecule has 142 valence electrons. The molecule has 1 fully saturated rings. The molecule has 0 aromatic carbocycles. The molecule has 1 aliphatic rings. The average molecular weight is 366 g/mol. The van der Waals surface area contributed by atoms with Gasteiger partial charge in [-0.15, -0.1) is 0 Å². The molecule has 0 bridgehead atoms. The maximum Gasteiger partial charge on any atom is 0.250 e. The van der Waals surface area contributed by atoms with Crippen LogP contribution in [0.25, 0.3) is 5.57 Å². The molecule has 0 aliphatic heterocycles. The van der Waals surface area contributed by atoms with Gasteiger partial charge in [0.25, 0.3) is 5.56 Å². The third kappa shape index (κ3) is 5.03. The second-order valence-electron chi connectivity index (χ2n) is 6.72. The van der Waals surface area contributed by atoms with Gasteiger partial charge in [0.2, 0.25) is 5.95 Å². The summed E-state index contributed by atoms with van der Waals surface area (Å²) in [5, 5.41) is 3.37. The van der Waals surface area contributed by atoms with Crippen molar-refractivity contribution in [3.05, 3.63) is 52.8 Å². The van der Waals surface area contributed by atoms with E-state index >= 15 is 0 Å². The molecule has 0 atom stereocenters. The first-order chi connectivity index (χ1) is 13.2. The molecule has 2 aromatic rings. The van der Waals surface area contributed by atoms with Crippen molar-refractivity contribution in [3.63, 3.8) is 0 Å². The highest BCUT2D eigenvalue weighted by Gasteiger charge is 2.15. The molecule has 3 N–H and O–H groups in total. The second-order valence-corrected chi connectivity index (χ2v) is 6.72. The van der Waals surface area contributed by atoms with Gasteiger partial charge < -0.3 is 15.6 Å². The van der Waals surface area contributed by atoms with Gasteiger partial charge in [0.05, 0.1) is 5.69 Å². The Bertz CT molecular complexity index is 863. The predicted molar refractivity (Wildman–Crippen MR) is 109 cm³/mol. The van der Waals surface area contributed by atoms with E-state index in [9.17, 15) is 4.79 Å². The summed E-state index contributed by atoms with van der Waals surface area (Å²) in [5.41, 5.74) is 7.94. The van der Waals surface area contributed by atoms with E-state index < -0.39 is 0 Å². The van der Waals surface area contributed by atoms with Crippen molar-refractivity contribution in [3.8, 4) is 0 Å². The van der Waals surface area contributed by atoms with Crippen LogP contribution in [0.2, 0.25) is 0 Å². The molecule has 1 saturated carbocycles. The quantitative estimate of drug-likeness (QED) is 0.734. The lowest BCUT2D eigenvalue weighted by Gasteiger charge is -2.11. The van der Waals surface area contributed by atoms with Gasteiger partial charge in [0.1, 0.15) is 0 Å². The topological polar surface area (TPSA) is 98.2 Å². The normalized spacial score (nSPS) is 15.5. The number of aliphatic imine (C=N–C) groups is 1. The van der Waals surface area contributed by atoms with Crippen molar-refractivity contribution in [2.24, 2.45) is 10.7 Å². The fraction of sp³-hybridized carbons (Fsp3) is 0.400.